The first-order valence-corrected chi connectivity index (χ1v) is 10.1. The van der Waals surface area contributed by atoms with Crippen molar-refractivity contribution < 1.29 is 14.3 Å². The zero-order valence-corrected chi connectivity index (χ0v) is 16.4. The highest BCUT2D eigenvalue weighted by Gasteiger charge is 2.18. The third kappa shape index (κ3) is 4.99. The van der Waals surface area contributed by atoms with Gasteiger partial charge in [-0.2, -0.15) is 0 Å². The number of hydrogen-bond acceptors (Lipinski definition) is 6. The fourth-order valence-electron chi connectivity index (χ4n) is 2.50. The molecule has 1 aromatic heterocycles. The largest absolute Gasteiger partial charge is 0.497 e. The lowest BCUT2D eigenvalue weighted by Crippen LogP contribution is -2.35. The van der Waals surface area contributed by atoms with Crippen LogP contribution in [-0.2, 0) is 9.59 Å². The molecule has 0 spiro atoms. The smallest absolute Gasteiger partial charge is 0.237 e. The molecule has 0 fully saturated rings. The highest BCUT2D eigenvalue weighted by Crippen LogP contribution is 2.30. The molecule has 0 aliphatic heterocycles. The molecule has 8 heteroatoms. The van der Waals surface area contributed by atoms with Gasteiger partial charge in [-0.3, -0.25) is 9.59 Å². The Hall–Kier alpha value is -2.58. The molecule has 0 radical (unpaired) electrons. The first-order chi connectivity index (χ1) is 13.1. The Morgan fingerprint density at radius 2 is 1.93 bits per heavy atom. The van der Waals surface area contributed by atoms with Gasteiger partial charge in [0.15, 0.2) is 4.34 Å². The number of benzene rings is 2. The lowest BCUT2D eigenvalue weighted by molar-refractivity contribution is -0.118. The highest BCUT2D eigenvalue weighted by atomic mass is 32.2. The number of rotatable bonds is 8. The Morgan fingerprint density at radius 3 is 2.59 bits per heavy atom. The van der Waals surface area contributed by atoms with Crippen LogP contribution in [0.4, 0.5) is 5.69 Å². The van der Waals surface area contributed by atoms with Gasteiger partial charge < -0.3 is 15.4 Å². The molecule has 0 bridgehead atoms. The Bertz CT molecular complexity index is 908. The molecule has 27 heavy (non-hydrogen) atoms. The lowest BCUT2D eigenvalue weighted by Gasteiger charge is -2.22. The number of thioether (sulfide) groups is 1. The first-order valence-electron chi connectivity index (χ1n) is 8.28. The first kappa shape index (κ1) is 19.2. The maximum atomic E-state index is 12.8. The molecule has 0 aliphatic rings. The topological polar surface area (TPSA) is 85.5 Å². The molecule has 0 saturated heterocycles. The van der Waals surface area contributed by atoms with E-state index in [0.29, 0.717) is 11.4 Å². The average molecular weight is 402 g/mol. The SMILES string of the molecule is COc1ccc(N(CCC(N)=O)C(=O)CSc2nc3ccccc3s2)cc1. The summed E-state index contributed by atoms with van der Waals surface area (Å²) in [6.07, 6.45) is 0.101. The van der Waals surface area contributed by atoms with Crippen molar-refractivity contribution in [3.63, 3.8) is 0 Å². The van der Waals surface area contributed by atoms with E-state index in [9.17, 15) is 9.59 Å². The number of ether oxygens (including phenoxy) is 1. The second kappa shape index (κ2) is 8.88. The predicted octanol–water partition coefficient (Wildman–Crippen LogP) is 3.31. The molecule has 6 nitrogen and oxygen atoms in total. The standard InChI is InChI=1S/C19H19N3O3S2/c1-25-14-8-6-13(7-9-14)22(11-10-17(20)23)18(24)12-26-19-21-15-4-2-3-5-16(15)27-19/h2-9H,10-12H2,1H3,(H2,20,23). The zero-order valence-electron chi connectivity index (χ0n) is 14.8. The minimum absolute atomic E-state index is 0.101. The Morgan fingerprint density at radius 1 is 1.19 bits per heavy atom. The van der Waals surface area contributed by atoms with Crippen LogP contribution in [0, 0.1) is 0 Å². The van der Waals surface area contributed by atoms with Gasteiger partial charge in [0.2, 0.25) is 11.8 Å². The van der Waals surface area contributed by atoms with Crippen LogP contribution in [0.3, 0.4) is 0 Å². The third-order valence-electron chi connectivity index (χ3n) is 3.86. The quantitative estimate of drug-likeness (QED) is 0.585. The van der Waals surface area contributed by atoms with Crippen LogP contribution < -0.4 is 15.4 Å². The van der Waals surface area contributed by atoms with Crippen molar-refractivity contribution in [2.75, 3.05) is 24.3 Å². The lowest BCUT2D eigenvalue weighted by atomic mass is 10.2. The second-order valence-corrected chi connectivity index (χ2v) is 7.95. The number of para-hydroxylation sites is 1. The summed E-state index contributed by atoms with van der Waals surface area (Å²) < 4.78 is 7.09. The Balaban J connectivity index is 1.71. The molecule has 3 rings (SSSR count). The average Bonchev–Trinajstić information content (AvgIpc) is 3.10. The van der Waals surface area contributed by atoms with Crippen LogP contribution in [0.15, 0.2) is 52.9 Å². The van der Waals surface area contributed by atoms with Crippen molar-refractivity contribution in [2.24, 2.45) is 5.73 Å². The van der Waals surface area contributed by atoms with E-state index in [2.05, 4.69) is 4.98 Å². The van der Waals surface area contributed by atoms with Crippen LogP contribution in [0.1, 0.15) is 6.42 Å². The number of fused-ring (bicyclic) bond motifs is 1. The van der Waals surface area contributed by atoms with E-state index in [0.717, 1.165) is 14.6 Å². The van der Waals surface area contributed by atoms with Crippen molar-refractivity contribution in [2.45, 2.75) is 10.8 Å². The number of amides is 2. The summed E-state index contributed by atoms with van der Waals surface area (Å²) >= 11 is 2.95. The van der Waals surface area contributed by atoms with Crippen molar-refractivity contribution >= 4 is 50.8 Å². The maximum absolute atomic E-state index is 12.8. The predicted molar refractivity (Wildman–Crippen MR) is 110 cm³/mol. The summed E-state index contributed by atoms with van der Waals surface area (Å²) in [5, 5.41) is 0. The normalized spacial score (nSPS) is 10.7. The van der Waals surface area contributed by atoms with E-state index in [4.69, 9.17) is 10.5 Å². The number of methoxy groups -OCH3 is 1. The maximum Gasteiger partial charge on any atom is 0.237 e. The van der Waals surface area contributed by atoms with Gasteiger partial charge in [0.25, 0.3) is 0 Å². The summed E-state index contributed by atoms with van der Waals surface area (Å²) in [6.45, 7) is 0.237. The van der Waals surface area contributed by atoms with E-state index in [1.165, 1.54) is 11.8 Å². The molecule has 2 amide bonds. The number of anilines is 1. The van der Waals surface area contributed by atoms with Crippen LogP contribution >= 0.6 is 23.1 Å². The molecule has 1 heterocycles. The zero-order chi connectivity index (χ0) is 19.2. The number of primary amides is 1. The number of carbonyl (C=O) groups excluding carboxylic acids is 2. The van der Waals surface area contributed by atoms with Crippen LogP contribution in [0.2, 0.25) is 0 Å². The number of hydrogen-bond donors (Lipinski definition) is 1. The van der Waals surface area contributed by atoms with Crippen molar-refractivity contribution in [1.82, 2.24) is 4.98 Å². The number of carbonyl (C=O) groups is 2. The fourth-order valence-corrected chi connectivity index (χ4v) is 4.44. The molecular weight excluding hydrogens is 382 g/mol. The third-order valence-corrected chi connectivity index (χ3v) is 6.02. The minimum Gasteiger partial charge on any atom is -0.497 e. The summed E-state index contributed by atoms with van der Waals surface area (Å²) in [7, 11) is 1.58. The second-order valence-electron chi connectivity index (χ2n) is 5.70. The molecular formula is C19H19N3O3S2. The Kier molecular flexibility index (Phi) is 6.31. The minimum atomic E-state index is -0.444. The van der Waals surface area contributed by atoms with Crippen LogP contribution in [0.5, 0.6) is 5.75 Å². The van der Waals surface area contributed by atoms with Gasteiger partial charge in [-0.1, -0.05) is 23.9 Å². The Labute approximate surface area is 165 Å². The fraction of sp³-hybridized carbons (Fsp3) is 0.211. The number of nitrogens with two attached hydrogens (primary N) is 1. The molecule has 0 aliphatic carbocycles. The van der Waals surface area contributed by atoms with E-state index in [1.54, 1.807) is 47.6 Å². The van der Waals surface area contributed by atoms with Gasteiger partial charge in [-0.05, 0) is 36.4 Å². The summed E-state index contributed by atoms with van der Waals surface area (Å²) in [5.41, 5.74) is 6.89. The molecule has 3 aromatic rings. The van der Waals surface area contributed by atoms with Crippen LogP contribution in [0.25, 0.3) is 10.2 Å². The number of thiazole rings is 1. The summed E-state index contributed by atoms with van der Waals surface area (Å²) in [6, 6.07) is 15.0. The van der Waals surface area contributed by atoms with Gasteiger partial charge in [-0.15, -0.1) is 11.3 Å². The number of aromatic nitrogens is 1. The van der Waals surface area contributed by atoms with Gasteiger partial charge in [-0.25, -0.2) is 4.98 Å². The van der Waals surface area contributed by atoms with Crippen molar-refractivity contribution in [1.29, 1.82) is 0 Å². The highest BCUT2D eigenvalue weighted by molar-refractivity contribution is 8.01. The van der Waals surface area contributed by atoms with E-state index < -0.39 is 5.91 Å². The van der Waals surface area contributed by atoms with E-state index >= 15 is 0 Å². The molecule has 0 saturated carbocycles. The van der Waals surface area contributed by atoms with Gasteiger partial charge >= 0.3 is 0 Å². The van der Waals surface area contributed by atoms with Gasteiger partial charge in [0.1, 0.15) is 5.75 Å². The van der Waals surface area contributed by atoms with Gasteiger partial charge in [0.05, 0.1) is 23.1 Å². The van der Waals surface area contributed by atoms with Crippen molar-refractivity contribution in [3.05, 3.63) is 48.5 Å². The monoisotopic (exact) mass is 401 g/mol. The van der Waals surface area contributed by atoms with E-state index in [1.807, 2.05) is 24.3 Å². The summed E-state index contributed by atoms with van der Waals surface area (Å²) in [4.78, 5) is 30.1. The molecule has 140 valence electrons. The molecule has 0 unspecified atom stereocenters. The number of nitrogens with zero attached hydrogens (tertiary/aromatic N) is 2. The molecule has 0 atom stereocenters. The van der Waals surface area contributed by atoms with Crippen molar-refractivity contribution in [3.8, 4) is 5.75 Å². The van der Waals surface area contributed by atoms with Crippen LogP contribution in [-0.4, -0.2) is 36.2 Å². The van der Waals surface area contributed by atoms with Gasteiger partial charge in [0, 0.05) is 18.7 Å². The van der Waals surface area contributed by atoms with E-state index in [-0.39, 0.29) is 24.6 Å². The molecule has 2 N–H and O–H groups in total. The molecule has 2 aromatic carbocycles. The summed E-state index contributed by atoms with van der Waals surface area (Å²) in [5.74, 6) is 0.376.